The van der Waals surface area contributed by atoms with Gasteiger partial charge in [0.1, 0.15) is 5.75 Å². The maximum atomic E-state index is 13.4. The van der Waals surface area contributed by atoms with Crippen LogP contribution in [0.4, 0.5) is 0 Å². The minimum absolute atomic E-state index is 0.137. The van der Waals surface area contributed by atoms with Crippen molar-refractivity contribution in [2.45, 2.75) is 25.6 Å². The van der Waals surface area contributed by atoms with Gasteiger partial charge in [-0.2, -0.15) is 0 Å². The second kappa shape index (κ2) is 9.26. The Balaban J connectivity index is 2.04. The molecule has 0 saturated heterocycles. The fourth-order valence-electron chi connectivity index (χ4n) is 3.29. The van der Waals surface area contributed by atoms with Gasteiger partial charge in [-0.1, -0.05) is 38.1 Å². The predicted octanol–water partition coefficient (Wildman–Crippen LogP) is 4.13. The summed E-state index contributed by atoms with van der Waals surface area (Å²) in [5.41, 5.74) is 1.77. The molecule has 0 spiro atoms. The van der Waals surface area contributed by atoms with Gasteiger partial charge in [-0.15, -0.1) is 11.8 Å². The third kappa shape index (κ3) is 4.16. The molecule has 1 heterocycles. The number of para-hydroxylation sites is 1. The number of amides is 2. The first kappa shape index (κ1) is 21.8. The minimum Gasteiger partial charge on any atom is -0.496 e. The number of thioether (sulfide) groups is 1. The summed E-state index contributed by atoms with van der Waals surface area (Å²) in [6.07, 6.45) is 0. The second-order valence-electron chi connectivity index (χ2n) is 6.95. The van der Waals surface area contributed by atoms with Crippen molar-refractivity contribution in [3.05, 3.63) is 58.5 Å². The van der Waals surface area contributed by atoms with Crippen molar-refractivity contribution < 1.29 is 23.8 Å². The van der Waals surface area contributed by atoms with Crippen molar-refractivity contribution in [1.82, 2.24) is 4.90 Å². The van der Waals surface area contributed by atoms with E-state index in [0.717, 1.165) is 5.56 Å². The van der Waals surface area contributed by atoms with Crippen LogP contribution in [0.3, 0.4) is 0 Å². The number of carbonyl (C=O) groups is 2. The molecule has 7 heteroatoms. The highest BCUT2D eigenvalue weighted by Crippen LogP contribution is 2.41. The number of imide groups is 1. The van der Waals surface area contributed by atoms with Gasteiger partial charge in [0, 0.05) is 10.8 Å². The van der Waals surface area contributed by atoms with E-state index < -0.39 is 0 Å². The van der Waals surface area contributed by atoms with E-state index in [9.17, 15) is 9.59 Å². The summed E-state index contributed by atoms with van der Waals surface area (Å²) >= 11 is 1.39. The zero-order chi connectivity index (χ0) is 21.8. The quantitative estimate of drug-likeness (QED) is 0.590. The van der Waals surface area contributed by atoms with Gasteiger partial charge >= 0.3 is 0 Å². The van der Waals surface area contributed by atoms with Crippen LogP contribution in [0, 0.1) is 0 Å². The van der Waals surface area contributed by atoms with Gasteiger partial charge in [-0.25, -0.2) is 0 Å². The van der Waals surface area contributed by atoms with Crippen molar-refractivity contribution in [3.63, 3.8) is 0 Å². The summed E-state index contributed by atoms with van der Waals surface area (Å²) in [6, 6.07) is 12.6. The van der Waals surface area contributed by atoms with Crippen LogP contribution in [0.15, 0.2) is 47.4 Å². The zero-order valence-electron chi connectivity index (χ0n) is 17.7. The van der Waals surface area contributed by atoms with Crippen LogP contribution in [-0.4, -0.2) is 43.3 Å². The molecule has 2 aromatic carbocycles. The Kier molecular flexibility index (Phi) is 6.72. The molecule has 30 heavy (non-hydrogen) atoms. The van der Waals surface area contributed by atoms with Crippen LogP contribution >= 0.6 is 11.8 Å². The van der Waals surface area contributed by atoms with Gasteiger partial charge < -0.3 is 14.2 Å². The average molecular weight is 428 g/mol. The minimum atomic E-state index is -0.332. The maximum absolute atomic E-state index is 13.4. The van der Waals surface area contributed by atoms with Crippen LogP contribution in [0.2, 0.25) is 0 Å². The van der Waals surface area contributed by atoms with E-state index in [4.69, 9.17) is 14.2 Å². The summed E-state index contributed by atoms with van der Waals surface area (Å²) in [7, 11) is 4.66. The van der Waals surface area contributed by atoms with E-state index in [1.807, 2.05) is 38.1 Å². The first-order valence-corrected chi connectivity index (χ1v) is 10.4. The highest BCUT2D eigenvalue weighted by molar-refractivity contribution is 8.04. The van der Waals surface area contributed by atoms with E-state index in [1.54, 1.807) is 32.4 Å². The van der Waals surface area contributed by atoms with Crippen LogP contribution in [0.5, 0.6) is 17.2 Å². The second-order valence-corrected chi connectivity index (χ2v) is 8.54. The summed E-state index contributed by atoms with van der Waals surface area (Å²) in [5.74, 6) is 1.06. The molecule has 1 aliphatic heterocycles. The van der Waals surface area contributed by atoms with Crippen LogP contribution in [0.25, 0.3) is 5.57 Å². The summed E-state index contributed by atoms with van der Waals surface area (Å²) in [6.45, 7) is 4.12. The summed E-state index contributed by atoms with van der Waals surface area (Å²) < 4.78 is 16.1. The Morgan fingerprint density at radius 1 is 0.867 bits per heavy atom. The number of benzene rings is 2. The molecular formula is C23H25NO5S. The first-order chi connectivity index (χ1) is 14.4. The van der Waals surface area contributed by atoms with Crippen molar-refractivity contribution in [1.29, 1.82) is 0 Å². The Bertz CT molecular complexity index is 999. The molecule has 158 valence electrons. The average Bonchev–Trinajstić information content (AvgIpc) is 2.97. The zero-order valence-corrected chi connectivity index (χ0v) is 18.5. The number of hydrogen-bond acceptors (Lipinski definition) is 6. The molecular weight excluding hydrogens is 402 g/mol. The van der Waals surface area contributed by atoms with Crippen molar-refractivity contribution in [2.75, 3.05) is 21.3 Å². The molecule has 0 saturated carbocycles. The highest BCUT2D eigenvalue weighted by atomic mass is 32.2. The Labute approximate surface area is 180 Å². The van der Waals surface area contributed by atoms with Crippen LogP contribution in [0.1, 0.15) is 25.0 Å². The SMILES string of the molecule is COc1ccccc1CN1C(=O)C(SC(C)C)=C(c2ccc(OC)c(OC)c2)C1=O. The maximum Gasteiger partial charge on any atom is 0.268 e. The Morgan fingerprint density at radius 3 is 2.17 bits per heavy atom. The van der Waals surface area contributed by atoms with E-state index in [1.165, 1.54) is 23.8 Å². The third-order valence-corrected chi connectivity index (χ3v) is 5.76. The molecule has 1 aliphatic rings. The number of rotatable bonds is 8. The number of nitrogens with zero attached hydrogens (tertiary/aromatic N) is 1. The van der Waals surface area contributed by atoms with E-state index in [-0.39, 0.29) is 23.6 Å². The third-order valence-electron chi connectivity index (χ3n) is 4.67. The number of ether oxygens (including phenoxy) is 3. The van der Waals surface area contributed by atoms with Gasteiger partial charge in [0.15, 0.2) is 11.5 Å². The fourth-order valence-corrected chi connectivity index (χ4v) is 4.30. The molecule has 0 N–H and O–H groups in total. The molecule has 0 radical (unpaired) electrons. The van der Waals surface area contributed by atoms with Gasteiger partial charge in [0.25, 0.3) is 11.8 Å². The number of hydrogen-bond donors (Lipinski definition) is 0. The molecule has 0 fully saturated rings. The lowest BCUT2D eigenvalue weighted by Crippen LogP contribution is -2.31. The van der Waals surface area contributed by atoms with Crippen molar-refractivity contribution >= 4 is 29.1 Å². The monoisotopic (exact) mass is 427 g/mol. The highest BCUT2D eigenvalue weighted by Gasteiger charge is 2.40. The Hall–Kier alpha value is -2.93. The van der Waals surface area contributed by atoms with E-state index >= 15 is 0 Å². The summed E-state index contributed by atoms with van der Waals surface area (Å²) in [4.78, 5) is 28.3. The fraction of sp³-hybridized carbons (Fsp3) is 0.304. The normalized spacial score (nSPS) is 14.0. The van der Waals surface area contributed by atoms with Crippen LogP contribution < -0.4 is 14.2 Å². The van der Waals surface area contributed by atoms with Gasteiger partial charge in [0.2, 0.25) is 0 Å². The molecule has 2 amide bonds. The lowest BCUT2D eigenvalue weighted by molar-refractivity contribution is -0.137. The molecule has 3 rings (SSSR count). The van der Waals surface area contributed by atoms with Crippen molar-refractivity contribution in [3.8, 4) is 17.2 Å². The standard InChI is InChI=1S/C23H25NO5S/c1-14(2)30-21-20(15-10-11-18(28-4)19(12-15)29-5)22(25)24(23(21)26)13-16-8-6-7-9-17(16)27-3/h6-12,14H,13H2,1-5H3. The lowest BCUT2D eigenvalue weighted by atomic mass is 10.1. The lowest BCUT2D eigenvalue weighted by Gasteiger charge is -2.17. The number of carbonyl (C=O) groups excluding carboxylic acids is 2. The molecule has 6 nitrogen and oxygen atoms in total. The van der Waals surface area contributed by atoms with Crippen molar-refractivity contribution in [2.24, 2.45) is 0 Å². The largest absolute Gasteiger partial charge is 0.496 e. The van der Waals surface area contributed by atoms with Gasteiger partial charge in [0.05, 0.1) is 38.4 Å². The Morgan fingerprint density at radius 2 is 1.53 bits per heavy atom. The number of methoxy groups -OCH3 is 3. The summed E-state index contributed by atoms with van der Waals surface area (Å²) in [5, 5.41) is 0.137. The topological polar surface area (TPSA) is 65.1 Å². The molecule has 2 aromatic rings. The molecule has 0 aliphatic carbocycles. The first-order valence-electron chi connectivity index (χ1n) is 9.52. The molecule has 0 atom stereocenters. The molecule has 0 unspecified atom stereocenters. The van der Waals surface area contributed by atoms with E-state index in [2.05, 4.69) is 0 Å². The van der Waals surface area contributed by atoms with E-state index in [0.29, 0.717) is 33.3 Å². The molecule has 0 aromatic heterocycles. The predicted molar refractivity (Wildman–Crippen MR) is 118 cm³/mol. The van der Waals surface area contributed by atoms with Gasteiger partial charge in [-0.05, 0) is 23.8 Å². The van der Waals surface area contributed by atoms with Gasteiger partial charge in [-0.3, -0.25) is 14.5 Å². The smallest absolute Gasteiger partial charge is 0.268 e. The molecule has 0 bridgehead atoms. The van der Waals surface area contributed by atoms with Crippen LogP contribution in [-0.2, 0) is 16.1 Å².